The molecule has 17 heavy (non-hydrogen) atoms. The Morgan fingerprint density at radius 2 is 1.94 bits per heavy atom. The van der Waals surface area contributed by atoms with Gasteiger partial charge in [-0.1, -0.05) is 13.8 Å². The summed E-state index contributed by atoms with van der Waals surface area (Å²) in [5.41, 5.74) is 0. The zero-order valence-electron chi connectivity index (χ0n) is 10.6. The van der Waals surface area contributed by atoms with Gasteiger partial charge in [-0.3, -0.25) is 4.99 Å². The van der Waals surface area contributed by atoms with E-state index in [1.807, 2.05) is 6.92 Å². The fourth-order valence-corrected chi connectivity index (χ4v) is 1.31. The lowest BCUT2D eigenvalue weighted by Crippen LogP contribution is -2.40. The molecular formula is C9H23IN4O2S. The number of hydrogen-bond acceptors (Lipinski definition) is 3. The number of nitrogens with one attached hydrogen (secondary N) is 2. The Balaban J connectivity index is 0. The predicted molar refractivity (Wildman–Crippen MR) is 82.2 cm³/mol. The molecule has 0 saturated heterocycles. The van der Waals surface area contributed by atoms with Crippen LogP contribution in [0.25, 0.3) is 0 Å². The highest BCUT2D eigenvalue weighted by molar-refractivity contribution is 14.0. The van der Waals surface area contributed by atoms with Gasteiger partial charge in [-0.15, -0.1) is 24.0 Å². The Bertz CT molecular complexity index is 317. The average molecular weight is 378 g/mol. The Kier molecular flexibility index (Phi) is 11.2. The van der Waals surface area contributed by atoms with Crippen LogP contribution in [0.1, 0.15) is 20.8 Å². The lowest BCUT2D eigenvalue weighted by Gasteiger charge is -2.11. The van der Waals surface area contributed by atoms with E-state index in [1.54, 1.807) is 0 Å². The molecule has 104 valence electrons. The third-order valence-electron chi connectivity index (χ3n) is 1.64. The van der Waals surface area contributed by atoms with Gasteiger partial charge in [0.2, 0.25) is 10.0 Å². The van der Waals surface area contributed by atoms with E-state index in [9.17, 15) is 8.42 Å². The van der Waals surface area contributed by atoms with E-state index >= 15 is 0 Å². The highest BCUT2D eigenvalue weighted by Crippen LogP contribution is 1.91. The van der Waals surface area contributed by atoms with E-state index < -0.39 is 10.0 Å². The van der Waals surface area contributed by atoms with Crippen LogP contribution < -0.4 is 15.8 Å². The number of halogens is 1. The zero-order valence-corrected chi connectivity index (χ0v) is 13.7. The van der Waals surface area contributed by atoms with Crippen LogP contribution in [-0.4, -0.2) is 39.8 Å². The Morgan fingerprint density at radius 3 is 2.35 bits per heavy atom. The van der Waals surface area contributed by atoms with Crippen molar-refractivity contribution in [2.45, 2.75) is 20.8 Å². The third kappa shape index (κ3) is 13.8. The number of nitrogens with zero attached hydrogens (tertiary/aromatic N) is 1. The van der Waals surface area contributed by atoms with E-state index in [0.717, 1.165) is 6.54 Å². The van der Waals surface area contributed by atoms with E-state index in [1.165, 1.54) is 0 Å². The molecule has 0 rings (SSSR count). The average Bonchev–Trinajstić information content (AvgIpc) is 2.12. The standard InChI is InChI=1S/C9H22N4O2S.HI/c1-4-11-9(13-7-8(2)3)12-5-6-16(10,14)15;/h8H,4-7H2,1-3H3,(H2,10,14,15)(H2,11,12,13);1H. The molecule has 0 saturated carbocycles. The Hall–Kier alpha value is -0.0900. The molecule has 0 unspecified atom stereocenters. The van der Waals surface area contributed by atoms with Gasteiger partial charge in [-0.05, 0) is 12.8 Å². The molecule has 0 aliphatic rings. The van der Waals surface area contributed by atoms with Gasteiger partial charge in [0.05, 0.1) is 5.75 Å². The molecule has 0 aliphatic heterocycles. The molecule has 0 atom stereocenters. The number of nitrogens with two attached hydrogens (primary N) is 1. The van der Waals surface area contributed by atoms with Crippen LogP contribution in [0.4, 0.5) is 0 Å². The Morgan fingerprint density at radius 1 is 1.35 bits per heavy atom. The summed E-state index contributed by atoms with van der Waals surface area (Å²) in [6.45, 7) is 7.79. The maximum absolute atomic E-state index is 10.7. The van der Waals surface area contributed by atoms with Crippen molar-refractivity contribution < 1.29 is 8.42 Å². The highest BCUT2D eigenvalue weighted by atomic mass is 127. The highest BCUT2D eigenvalue weighted by Gasteiger charge is 2.03. The van der Waals surface area contributed by atoms with Crippen LogP contribution in [0.2, 0.25) is 0 Å². The normalized spacial score (nSPS) is 12.2. The van der Waals surface area contributed by atoms with Crippen LogP contribution >= 0.6 is 24.0 Å². The smallest absolute Gasteiger partial charge is 0.210 e. The van der Waals surface area contributed by atoms with Crippen molar-refractivity contribution in [3.63, 3.8) is 0 Å². The summed E-state index contributed by atoms with van der Waals surface area (Å²) >= 11 is 0. The molecule has 0 fully saturated rings. The van der Waals surface area contributed by atoms with E-state index in [0.29, 0.717) is 18.4 Å². The van der Waals surface area contributed by atoms with Gasteiger partial charge in [0.15, 0.2) is 5.96 Å². The summed E-state index contributed by atoms with van der Waals surface area (Å²) in [6.07, 6.45) is 0. The number of guanidine groups is 1. The number of sulfonamides is 1. The molecule has 0 aromatic heterocycles. The zero-order chi connectivity index (χ0) is 12.6. The van der Waals surface area contributed by atoms with Crippen molar-refractivity contribution in [1.82, 2.24) is 10.6 Å². The van der Waals surface area contributed by atoms with Gasteiger partial charge in [-0.25, -0.2) is 13.6 Å². The first-order chi connectivity index (χ1) is 7.35. The van der Waals surface area contributed by atoms with Crippen molar-refractivity contribution in [2.75, 3.05) is 25.4 Å². The maximum atomic E-state index is 10.7. The van der Waals surface area contributed by atoms with Gasteiger partial charge in [0, 0.05) is 19.6 Å². The second-order valence-electron chi connectivity index (χ2n) is 3.91. The van der Waals surface area contributed by atoms with Crippen LogP contribution in [0.15, 0.2) is 4.99 Å². The van der Waals surface area contributed by atoms with Crippen molar-refractivity contribution in [1.29, 1.82) is 0 Å². The molecule has 0 heterocycles. The molecule has 8 heteroatoms. The molecule has 6 nitrogen and oxygen atoms in total. The van der Waals surface area contributed by atoms with Gasteiger partial charge in [0.1, 0.15) is 0 Å². The Labute approximate surface area is 121 Å². The van der Waals surface area contributed by atoms with E-state index in [-0.39, 0.29) is 36.3 Å². The van der Waals surface area contributed by atoms with Crippen molar-refractivity contribution >= 4 is 40.0 Å². The first-order valence-corrected chi connectivity index (χ1v) is 7.09. The van der Waals surface area contributed by atoms with Gasteiger partial charge < -0.3 is 10.6 Å². The van der Waals surface area contributed by atoms with Crippen LogP contribution in [-0.2, 0) is 10.0 Å². The lowest BCUT2D eigenvalue weighted by molar-refractivity contribution is 0.596. The number of rotatable bonds is 6. The largest absolute Gasteiger partial charge is 0.357 e. The second-order valence-corrected chi connectivity index (χ2v) is 5.64. The summed E-state index contributed by atoms with van der Waals surface area (Å²) in [5, 5.41) is 10.8. The first-order valence-electron chi connectivity index (χ1n) is 5.37. The van der Waals surface area contributed by atoms with Crippen molar-refractivity contribution in [3.05, 3.63) is 0 Å². The summed E-state index contributed by atoms with van der Waals surface area (Å²) < 4.78 is 21.4. The second kappa shape index (κ2) is 9.89. The molecule has 0 bridgehead atoms. The topological polar surface area (TPSA) is 96.6 Å². The molecular weight excluding hydrogens is 355 g/mol. The third-order valence-corrected chi connectivity index (χ3v) is 2.41. The van der Waals surface area contributed by atoms with E-state index in [4.69, 9.17) is 5.14 Å². The summed E-state index contributed by atoms with van der Waals surface area (Å²) in [4.78, 5) is 4.29. The number of aliphatic imine (C=N–C) groups is 1. The minimum atomic E-state index is -3.41. The predicted octanol–water partition coefficient (Wildman–Crippen LogP) is 0.104. The monoisotopic (exact) mass is 378 g/mol. The van der Waals surface area contributed by atoms with Gasteiger partial charge in [-0.2, -0.15) is 0 Å². The van der Waals surface area contributed by atoms with Crippen LogP contribution in [0.3, 0.4) is 0 Å². The lowest BCUT2D eigenvalue weighted by atomic mass is 10.2. The van der Waals surface area contributed by atoms with Crippen molar-refractivity contribution in [3.8, 4) is 0 Å². The van der Waals surface area contributed by atoms with Crippen LogP contribution in [0.5, 0.6) is 0 Å². The molecule has 0 spiro atoms. The summed E-state index contributed by atoms with van der Waals surface area (Å²) in [7, 11) is -3.41. The summed E-state index contributed by atoms with van der Waals surface area (Å²) in [6, 6.07) is 0. The summed E-state index contributed by atoms with van der Waals surface area (Å²) in [5.74, 6) is 0.993. The molecule has 0 aliphatic carbocycles. The van der Waals surface area contributed by atoms with Gasteiger partial charge in [0.25, 0.3) is 0 Å². The molecule has 4 N–H and O–H groups in total. The molecule has 0 amide bonds. The molecule has 0 aromatic carbocycles. The maximum Gasteiger partial charge on any atom is 0.210 e. The van der Waals surface area contributed by atoms with Crippen LogP contribution in [0, 0.1) is 5.92 Å². The van der Waals surface area contributed by atoms with Gasteiger partial charge >= 0.3 is 0 Å². The SMILES string of the molecule is CCNC(=NCC(C)C)NCCS(N)(=O)=O.I. The molecule has 0 radical (unpaired) electrons. The quantitative estimate of drug-likeness (QED) is 0.347. The number of primary sulfonamides is 1. The minimum Gasteiger partial charge on any atom is -0.357 e. The van der Waals surface area contributed by atoms with Crippen molar-refractivity contribution in [2.24, 2.45) is 16.0 Å². The fourth-order valence-electron chi connectivity index (χ4n) is 0.927. The fraction of sp³-hybridized carbons (Fsp3) is 0.889. The minimum absolute atomic E-state index is 0. The van der Waals surface area contributed by atoms with E-state index in [2.05, 4.69) is 29.5 Å². The molecule has 0 aromatic rings. The number of hydrogen-bond donors (Lipinski definition) is 3. The first kappa shape index (κ1) is 19.3.